The minimum Gasteiger partial charge on any atom is -0.399 e. The third kappa shape index (κ3) is 4.11. The van der Waals surface area contributed by atoms with Gasteiger partial charge in [-0.05, 0) is 43.0 Å². The molecule has 1 fully saturated rings. The van der Waals surface area contributed by atoms with Crippen molar-refractivity contribution < 1.29 is 9.53 Å². The quantitative estimate of drug-likeness (QED) is 0.866. The molecule has 0 bridgehead atoms. The van der Waals surface area contributed by atoms with Crippen LogP contribution in [-0.2, 0) is 4.74 Å². The molecule has 0 saturated carbocycles. The lowest BCUT2D eigenvalue weighted by Crippen LogP contribution is -2.41. The summed E-state index contributed by atoms with van der Waals surface area (Å²) in [4.78, 5) is 14.2. The third-order valence-corrected chi connectivity index (χ3v) is 3.37. The van der Waals surface area contributed by atoms with Crippen LogP contribution in [0.4, 0.5) is 5.69 Å². The SMILES string of the molecule is COCC1CCCN(C(=O)c2ccc(N)cc2)C1.Cl. The van der Waals surface area contributed by atoms with E-state index in [-0.39, 0.29) is 18.3 Å². The standard InChI is InChI=1S/C14H20N2O2.ClH/c1-18-10-11-3-2-8-16(9-11)14(17)12-4-6-13(15)7-5-12;/h4-7,11H,2-3,8-10,15H2,1H3;1H. The topological polar surface area (TPSA) is 55.6 Å². The first-order valence-electron chi connectivity index (χ1n) is 6.34. The number of benzene rings is 1. The fourth-order valence-corrected chi connectivity index (χ4v) is 2.43. The maximum absolute atomic E-state index is 12.3. The Balaban J connectivity index is 0.00000180. The Bertz CT molecular complexity index is 406. The molecule has 1 aliphatic rings. The molecule has 4 nitrogen and oxygen atoms in total. The van der Waals surface area contributed by atoms with Crippen LogP contribution in [0.25, 0.3) is 0 Å². The number of likely N-dealkylation sites (tertiary alicyclic amines) is 1. The lowest BCUT2D eigenvalue weighted by atomic mass is 9.98. The summed E-state index contributed by atoms with van der Waals surface area (Å²) in [6, 6.07) is 7.11. The van der Waals surface area contributed by atoms with E-state index in [1.807, 2.05) is 4.90 Å². The summed E-state index contributed by atoms with van der Waals surface area (Å²) in [6.45, 7) is 2.35. The second kappa shape index (κ2) is 7.36. The monoisotopic (exact) mass is 284 g/mol. The third-order valence-electron chi connectivity index (χ3n) is 3.37. The Hall–Kier alpha value is -1.26. The predicted molar refractivity (Wildman–Crippen MR) is 78.6 cm³/mol. The van der Waals surface area contributed by atoms with Crippen molar-refractivity contribution in [3.05, 3.63) is 29.8 Å². The van der Waals surface area contributed by atoms with Crippen LogP contribution in [0.3, 0.4) is 0 Å². The van der Waals surface area contributed by atoms with Crippen molar-refractivity contribution in [3.63, 3.8) is 0 Å². The molecule has 1 aliphatic heterocycles. The van der Waals surface area contributed by atoms with Gasteiger partial charge in [-0.3, -0.25) is 4.79 Å². The second-order valence-corrected chi connectivity index (χ2v) is 4.84. The van der Waals surface area contributed by atoms with E-state index in [4.69, 9.17) is 10.5 Å². The highest BCUT2D eigenvalue weighted by Gasteiger charge is 2.24. The van der Waals surface area contributed by atoms with Crippen molar-refractivity contribution in [1.29, 1.82) is 0 Å². The Morgan fingerprint density at radius 3 is 2.74 bits per heavy atom. The van der Waals surface area contributed by atoms with Gasteiger partial charge in [-0.15, -0.1) is 12.4 Å². The summed E-state index contributed by atoms with van der Waals surface area (Å²) < 4.78 is 5.18. The predicted octanol–water partition coefficient (Wildman–Crippen LogP) is 2.19. The van der Waals surface area contributed by atoms with E-state index in [0.717, 1.165) is 32.5 Å². The minimum atomic E-state index is 0. The average Bonchev–Trinajstić information content (AvgIpc) is 2.39. The number of ether oxygens (including phenoxy) is 1. The lowest BCUT2D eigenvalue weighted by molar-refractivity contribution is 0.0571. The number of carbonyl (C=O) groups excluding carboxylic acids is 1. The highest BCUT2D eigenvalue weighted by molar-refractivity contribution is 5.94. The van der Waals surface area contributed by atoms with Gasteiger partial charge in [-0.25, -0.2) is 0 Å². The van der Waals surface area contributed by atoms with Crippen LogP contribution in [-0.4, -0.2) is 37.6 Å². The highest BCUT2D eigenvalue weighted by Crippen LogP contribution is 2.19. The Kier molecular flexibility index (Phi) is 6.12. The van der Waals surface area contributed by atoms with Gasteiger partial charge in [0.25, 0.3) is 5.91 Å². The van der Waals surface area contributed by atoms with Gasteiger partial charge >= 0.3 is 0 Å². The number of rotatable bonds is 3. The molecule has 1 heterocycles. The van der Waals surface area contributed by atoms with Crippen LogP contribution in [0, 0.1) is 5.92 Å². The number of hydrogen-bond donors (Lipinski definition) is 1. The number of anilines is 1. The zero-order valence-corrected chi connectivity index (χ0v) is 12.0. The molecule has 0 spiro atoms. The van der Waals surface area contributed by atoms with Crippen molar-refractivity contribution in [1.82, 2.24) is 4.90 Å². The van der Waals surface area contributed by atoms with Crippen molar-refractivity contribution in [2.75, 3.05) is 32.5 Å². The van der Waals surface area contributed by atoms with E-state index in [1.165, 1.54) is 0 Å². The Morgan fingerprint density at radius 1 is 1.42 bits per heavy atom. The van der Waals surface area contributed by atoms with E-state index in [0.29, 0.717) is 17.2 Å². The first-order valence-corrected chi connectivity index (χ1v) is 6.34. The maximum Gasteiger partial charge on any atom is 0.253 e. The number of amides is 1. The van der Waals surface area contributed by atoms with Gasteiger partial charge in [0.05, 0.1) is 6.61 Å². The number of carbonyl (C=O) groups is 1. The first kappa shape index (κ1) is 15.8. The van der Waals surface area contributed by atoms with Gasteiger partial charge in [0, 0.05) is 31.5 Å². The minimum absolute atomic E-state index is 0. The van der Waals surface area contributed by atoms with E-state index in [9.17, 15) is 4.79 Å². The molecule has 1 amide bonds. The fourth-order valence-electron chi connectivity index (χ4n) is 2.43. The van der Waals surface area contributed by atoms with Crippen molar-refractivity contribution in [2.45, 2.75) is 12.8 Å². The number of piperidine rings is 1. The van der Waals surface area contributed by atoms with Crippen molar-refractivity contribution >= 4 is 24.0 Å². The number of hydrogen-bond acceptors (Lipinski definition) is 3. The molecule has 0 aliphatic carbocycles. The summed E-state index contributed by atoms with van der Waals surface area (Å²) in [5, 5.41) is 0. The molecule has 2 N–H and O–H groups in total. The van der Waals surface area contributed by atoms with Crippen LogP contribution >= 0.6 is 12.4 Å². The molecule has 106 valence electrons. The zero-order valence-electron chi connectivity index (χ0n) is 11.2. The number of nitrogens with zero attached hydrogens (tertiary/aromatic N) is 1. The zero-order chi connectivity index (χ0) is 13.0. The number of nitrogens with two attached hydrogens (primary N) is 1. The first-order chi connectivity index (χ1) is 8.70. The van der Waals surface area contributed by atoms with Crippen LogP contribution in [0.2, 0.25) is 0 Å². The fraction of sp³-hybridized carbons (Fsp3) is 0.500. The molecule has 1 atom stereocenters. The van der Waals surface area contributed by atoms with Gasteiger partial charge in [-0.2, -0.15) is 0 Å². The molecule has 0 radical (unpaired) electrons. The average molecular weight is 285 g/mol. The summed E-state index contributed by atoms with van der Waals surface area (Å²) in [5.41, 5.74) is 7.02. The molecule has 0 aromatic heterocycles. The van der Waals surface area contributed by atoms with Crippen molar-refractivity contribution in [2.24, 2.45) is 5.92 Å². The van der Waals surface area contributed by atoms with Gasteiger partial charge in [-0.1, -0.05) is 0 Å². The maximum atomic E-state index is 12.3. The van der Waals surface area contributed by atoms with E-state index >= 15 is 0 Å². The molecular weight excluding hydrogens is 264 g/mol. The smallest absolute Gasteiger partial charge is 0.253 e. The highest BCUT2D eigenvalue weighted by atomic mass is 35.5. The summed E-state index contributed by atoms with van der Waals surface area (Å²) >= 11 is 0. The van der Waals surface area contributed by atoms with E-state index in [2.05, 4.69) is 0 Å². The van der Waals surface area contributed by atoms with Crippen LogP contribution in [0.1, 0.15) is 23.2 Å². The van der Waals surface area contributed by atoms with Crippen LogP contribution in [0.5, 0.6) is 0 Å². The molecule has 2 rings (SSSR count). The van der Waals surface area contributed by atoms with E-state index < -0.39 is 0 Å². The Morgan fingerprint density at radius 2 is 2.11 bits per heavy atom. The normalized spacial score (nSPS) is 18.8. The largest absolute Gasteiger partial charge is 0.399 e. The molecule has 1 saturated heterocycles. The lowest BCUT2D eigenvalue weighted by Gasteiger charge is -2.32. The molecular formula is C14H21ClN2O2. The number of nitrogen functional groups attached to an aromatic ring is 1. The summed E-state index contributed by atoms with van der Waals surface area (Å²) in [6.07, 6.45) is 2.19. The van der Waals surface area contributed by atoms with Crippen molar-refractivity contribution in [3.8, 4) is 0 Å². The van der Waals surface area contributed by atoms with Gasteiger partial charge in [0.1, 0.15) is 0 Å². The molecule has 5 heteroatoms. The van der Waals surface area contributed by atoms with Gasteiger partial charge in [0.15, 0.2) is 0 Å². The number of halogens is 1. The molecule has 1 aromatic rings. The molecule has 19 heavy (non-hydrogen) atoms. The number of methoxy groups -OCH3 is 1. The summed E-state index contributed by atoms with van der Waals surface area (Å²) in [5.74, 6) is 0.553. The molecule has 1 unspecified atom stereocenters. The van der Waals surface area contributed by atoms with Crippen LogP contribution < -0.4 is 5.73 Å². The van der Waals surface area contributed by atoms with E-state index in [1.54, 1.807) is 31.4 Å². The van der Waals surface area contributed by atoms with Crippen LogP contribution in [0.15, 0.2) is 24.3 Å². The Labute approximate surface area is 120 Å². The molecule has 1 aromatic carbocycles. The second-order valence-electron chi connectivity index (χ2n) is 4.84. The summed E-state index contributed by atoms with van der Waals surface area (Å²) in [7, 11) is 1.71. The van der Waals surface area contributed by atoms with Gasteiger partial charge in [0.2, 0.25) is 0 Å². The van der Waals surface area contributed by atoms with Gasteiger partial charge < -0.3 is 15.4 Å².